The number of anilines is 3. The standard InChI is InChI=1S/C17H15N5O2S/c1-11(23)19-13-6-3-5-12(9-13)14-10-18-16-22(14)20-17(25-16)21(2)15-7-4-8-24-15/h3-10H,1-2H3,(H,19,23). The van der Waals surface area contributed by atoms with Gasteiger partial charge in [0.15, 0.2) is 0 Å². The van der Waals surface area contributed by atoms with Gasteiger partial charge in [0.2, 0.25) is 21.9 Å². The summed E-state index contributed by atoms with van der Waals surface area (Å²) < 4.78 is 7.21. The quantitative estimate of drug-likeness (QED) is 0.604. The molecule has 0 aliphatic heterocycles. The van der Waals surface area contributed by atoms with Crippen molar-refractivity contribution >= 4 is 38.9 Å². The summed E-state index contributed by atoms with van der Waals surface area (Å²) in [5.41, 5.74) is 2.52. The van der Waals surface area contributed by atoms with Crippen LogP contribution in [0.15, 0.2) is 53.3 Å². The predicted molar refractivity (Wildman–Crippen MR) is 97.4 cm³/mol. The summed E-state index contributed by atoms with van der Waals surface area (Å²) in [5.74, 6) is 0.609. The van der Waals surface area contributed by atoms with Crippen molar-refractivity contribution in [3.05, 3.63) is 48.9 Å². The van der Waals surface area contributed by atoms with E-state index in [1.807, 2.05) is 48.3 Å². The van der Waals surface area contributed by atoms with Gasteiger partial charge in [0, 0.05) is 31.3 Å². The number of nitrogens with one attached hydrogen (secondary N) is 1. The molecule has 3 heterocycles. The molecular weight excluding hydrogens is 338 g/mol. The highest BCUT2D eigenvalue weighted by Gasteiger charge is 2.16. The van der Waals surface area contributed by atoms with Crippen LogP contribution in [0.4, 0.5) is 16.7 Å². The zero-order valence-corrected chi connectivity index (χ0v) is 14.4. The molecule has 0 aliphatic rings. The Balaban J connectivity index is 1.73. The second-order valence-corrected chi connectivity index (χ2v) is 6.43. The van der Waals surface area contributed by atoms with Crippen LogP contribution < -0.4 is 10.2 Å². The van der Waals surface area contributed by atoms with Gasteiger partial charge in [0.05, 0.1) is 18.2 Å². The fraction of sp³-hybridized carbons (Fsp3) is 0.118. The van der Waals surface area contributed by atoms with Gasteiger partial charge >= 0.3 is 0 Å². The van der Waals surface area contributed by atoms with Gasteiger partial charge in [-0.25, -0.2) is 9.50 Å². The van der Waals surface area contributed by atoms with Gasteiger partial charge in [-0.2, -0.15) is 0 Å². The highest BCUT2D eigenvalue weighted by atomic mass is 32.1. The minimum atomic E-state index is -0.105. The number of aromatic nitrogens is 3. The number of hydrogen-bond donors (Lipinski definition) is 1. The van der Waals surface area contributed by atoms with Crippen LogP contribution in [0, 0.1) is 0 Å². The number of nitrogens with zero attached hydrogens (tertiary/aromatic N) is 4. The molecule has 0 saturated carbocycles. The minimum Gasteiger partial charge on any atom is -0.448 e. The Morgan fingerprint density at radius 2 is 2.20 bits per heavy atom. The first-order valence-corrected chi connectivity index (χ1v) is 8.43. The van der Waals surface area contributed by atoms with E-state index in [-0.39, 0.29) is 5.91 Å². The number of amides is 1. The van der Waals surface area contributed by atoms with E-state index in [0.29, 0.717) is 5.88 Å². The third-order valence-electron chi connectivity index (χ3n) is 3.68. The van der Waals surface area contributed by atoms with Crippen molar-refractivity contribution in [1.29, 1.82) is 0 Å². The van der Waals surface area contributed by atoms with Gasteiger partial charge in [-0.3, -0.25) is 9.69 Å². The fourth-order valence-electron chi connectivity index (χ4n) is 2.53. The number of imidazole rings is 1. The molecule has 0 spiro atoms. The molecule has 4 aromatic rings. The molecule has 0 unspecified atom stereocenters. The van der Waals surface area contributed by atoms with Gasteiger partial charge in [-0.05, 0) is 18.2 Å². The van der Waals surface area contributed by atoms with Crippen molar-refractivity contribution in [2.24, 2.45) is 0 Å². The molecule has 1 aromatic carbocycles. The van der Waals surface area contributed by atoms with E-state index >= 15 is 0 Å². The molecule has 0 saturated heterocycles. The summed E-state index contributed by atoms with van der Waals surface area (Å²) in [7, 11) is 1.90. The van der Waals surface area contributed by atoms with Crippen molar-refractivity contribution < 1.29 is 9.21 Å². The molecule has 0 fully saturated rings. The summed E-state index contributed by atoms with van der Waals surface area (Å²) in [6.45, 7) is 1.49. The molecule has 25 heavy (non-hydrogen) atoms. The molecule has 1 N–H and O–H groups in total. The van der Waals surface area contributed by atoms with Crippen LogP contribution in [0.25, 0.3) is 16.2 Å². The number of rotatable bonds is 4. The fourth-order valence-corrected chi connectivity index (χ4v) is 3.37. The number of carbonyl (C=O) groups is 1. The van der Waals surface area contributed by atoms with Crippen LogP contribution in [-0.4, -0.2) is 27.6 Å². The lowest BCUT2D eigenvalue weighted by Crippen LogP contribution is -2.08. The Bertz CT molecular complexity index is 1030. The van der Waals surface area contributed by atoms with E-state index in [9.17, 15) is 4.79 Å². The summed E-state index contributed by atoms with van der Waals surface area (Å²) >= 11 is 1.47. The van der Waals surface area contributed by atoms with Crippen LogP contribution in [-0.2, 0) is 4.79 Å². The summed E-state index contributed by atoms with van der Waals surface area (Å²) in [6, 6.07) is 11.3. The second-order valence-electron chi connectivity index (χ2n) is 5.49. The van der Waals surface area contributed by atoms with Crippen LogP contribution in [0.2, 0.25) is 0 Å². The van der Waals surface area contributed by atoms with Gasteiger partial charge in [-0.1, -0.05) is 23.5 Å². The smallest absolute Gasteiger partial charge is 0.221 e. The van der Waals surface area contributed by atoms with Crippen LogP contribution >= 0.6 is 11.3 Å². The molecule has 1 amide bonds. The van der Waals surface area contributed by atoms with Gasteiger partial charge < -0.3 is 9.73 Å². The third kappa shape index (κ3) is 2.87. The largest absolute Gasteiger partial charge is 0.448 e. The molecule has 0 bridgehead atoms. The maximum absolute atomic E-state index is 11.3. The zero-order chi connectivity index (χ0) is 17.4. The molecule has 0 atom stereocenters. The number of furan rings is 1. The molecule has 0 aliphatic carbocycles. The maximum Gasteiger partial charge on any atom is 0.221 e. The maximum atomic E-state index is 11.3. The normalized spacial score (nSPS) is 11.0. The lowest BCUT2D eigenvalue weighted by Gasteiger charge is -2.10. The minimum absolute atomic E-state index is 0.105. The molecule has 4 rings (SSSR count). The van der Waals surface area contributed by atoms with Crippen LogP contribution in [0.5, 0.6) is 0 Å². The van der Waals surface area contributed by atoms with E-state index in [1.165, 1.54) is 18.3 Å². The van der Waals surface area contributed by atoms with E-state index < -0.39 is 0 Å². The Morgan fingerprint density at radius 3 is 2.96 bits per heavy atom. The van der Waals surface area contributed by atoms with E-state index in [4.69, 9.17) is 4.42 Å². The van der Waals surface area contributed by atoms with Crippen molar-refractivity contribution in [3.8, 4) is 11.3 Å². The highest BCUT2D eigenvalue weighted by molar-refractivity contribution is 7.20. The lowest BCUT2D eigenvalue weighted by atomic mass is 10.1. The van der Waals surface area contributed by atoms with Crippen molar-refractivity contribution in [3.63, 3.8) is 0 Å². The Hall–Kier alpha value is -3.13. The monoisotopic (exact) mass is 353 g/mol. The molecule has 8 heteroatoms. The second kappa shape index (κ2) is 6.06. The van der Waals surface area contributed by atoms with E-state index in [0.717, 1.165) is 27.0 Å². The number of fused-ring (bicyclic) bond motifs is 1. The average Bonchev–Trinajstić information content (AvgIpc) is 3.30. The van der Waals surface area contributed by atoms with Crippen LogP contribution in [0.1, 0.15) is 6.92 Å². The molecule has 7 nitrogen and oxygen atoms in total. The summed E-state index contributed by atoms with van der Waals surface area (Å²) in [4.78, 5) is 18.4. The SMILES string of the molecule is CC(=O)Nc1cccc(-c2cnc3sc(N(C)c4ccco4)nn23)c1. The molecule has 3 aromatic heterocycles. The lowest BCUT2D eigenvalue weighted by molar-refractivity contribution is -0.114. The first-order valence-electron chi connectivity index (χ1n) is 7.61. The number of hydrogen-bond acceptors (Lipinski definition) is 6. The first kappa shape index (κ1) is 15.4. The summed E-state index contributed by atoms with van der Waals surface area (Å²) in [5, 5.41) is 8.21. The van der Waals surface area contributed by atoms with Gasteiger partial charge in [0.1, 0.15) is 0 Å². The Labute approximate surface area is 147 Å². The van der Waals surface area contributed by atoms with Crippen molar-refractivity contribution in [2.75, 3.05) is 17.3 Å². The molecular formula is C17H15N5O2S. The van der Waals surface area contributed by atoms with Crippen molar-refractivity contribution in [1.82, 2.24) is 14.6 Å². The molecule has 0 radical (unpaired) electrons. The van der Waals surface area contributed by atoms with Gasteiger partial charge in [0.25, 0.3) is 0 Å². The molecule has 126 valence electrons. The van der Waals surface area contributed by atoms with E-state index in [1.54, 1.807) is 17.0 Å². The van der Waals surface area contributed by atoms with Gasteiger partial charge in [-0.15, -0.1) is 5.10 Å². The van der Waals surface area contributed by atoms with E-state index in [2.05, 4.69) is 15.4 Å². The third-order valence-corrected chi connectivity index (χ3v) is 4.68. The Kier molecular flexibility index (Phi) is 3.73. The zero-order valence-electron chi connectivity index (χ0n) is 13.6. The summed E-state index contributed by atoms with van der Waals surface area (Å²) in [6.07, 6.45) is 3.41. The number of benzene rings is 1. The topological polar surface area (TPSA) is 75.7 Å². The first-order chi connectivity index (χ1) is 12.1. The van der Waals surface area contributed by atoms with Crippen LogP contribution in [0.3, 0.4) is 0 Å². The Morgan fingerprint density at radius 1 is 1.32 bits per heavy atom. The predicted octanol–water partition coefficient (Wildman–Crippen LogP) is 3.78. The highest BCUT2D eigenvalue weighted by Crippen LogP contribution is 2.31. The number of carbonyl (C=O) groups excluding carboxylic acids is 1. The average molecular weight is 353 g/mol. The van der Waals surface area contributed by atoms with Crippen molar-refractivity contribution in [2.45, 2.75) is 6.92 Å².